The van der Waals surface area contributed by atoms with Crippen molar-refractivity contribution in [2.75, 3.05) is 13.1 Å². The monoisotopic (exact) mass is 355 g/mol. The minimum Gasteiger partial charge on any atom is -0.390 e. The number of carbonyl (C=O) groups is 1. The number of hydrogen-bond acceptors (Lipinski definition) is 4. The van der Waals surface area contributed by atoms with Gasteiger partial charge in [0.05, 0.1) is 18.2 Å². The molecule has 1 amide bonds. The Balaban J connectivity index is 0.00000208. The third kappa shape index (κ3) is 3.71. The quantitative estimate of drug-likeness (QED) is 0.809. The van der Waals surface area contributed by atoms with Crippen molar-refractivity contribution in [2.24, 2.45) is 17.8 Å². The predicted octanol–water partition coefficient (Wildman–Crippen LogP) is 2.09. The molecule has 0 spiro atoms. The van der Waals surface area contributed by atoms with Gasteiger partial charge in [-0.25, -0.2) is 0 Å². The van der Waals surface area contributed by atoms with Gasteiger partial charge in [0.2, 0.25) is 5.91 Å². The molecule has 0 aromatic heterocycles. The second-order valence-corrected chi connectivity index (χ2v) is 8.11. The number of hydrogen-bond donors (Lipinski definition) is 2. The molecule has 3 fully saturated rings. The molecule has 0 radical (unpaired) electrons. The molecule has 24 heavy (non-hydrogen) atoms. The normalized spacial score (nSPS) is 38.0. The van der Waals surface area contributed by atoms with E-state index < -0.39 is 5.60 Å². The molecule has 3 unspecified atom stereocenters. The van der Waals surface area contributed by atoms with E-state index in [0.717, 1.165) is 45.1 Å². The summed E-state index contributed by atoms with van der Waals surface area (Å²) in [5.41, 5.74) is -0.480. The van der Waals surface area contributed by atoms with Crippen LogP contribution in [-0.4, -0.2) is 46.7 Å². The highest BCUT2D eigenvalue weighted by atomic mass is 35.5. The maximum Gasteiger partial charge on any atom is 0.237 e. The van der Waals surface area contributed by atoms with E-state index in [0.29, 0.717) is 30.3 Å². The van der Waals surface area contributed by atoms with Crippen LogP contribution in [0.2, 0.25) is 0 Å². The highest BCUT2D eigenvalue weighted by Gasteiger charge is 2.49. The fourth-order valence-corrected chi connectivity index (χ4v) is 4.87. The van der Waals surface area contributed by atoms with E-state index in [1.54, 1.807) is 4.90 Å². The first-order chi connectivity index (χ1) is 10.9. The summed E-state index contributed by atoms with van der Waals surface area (Å²) in [6.07, 6.45) is 5.69. The van der Waals surface area contributed by atoms with E-state index in [9.17, 15) is 9.90 Å². The molecule has 2 N–H and O–H groups in total. The molecule has 1 saturated heterocycles. The van der Waals surface area contributed by atoms with Crippen molar-refractivity contribution >= 4 is 18.3 Å². The molecule has 136 valence electrons. The number of nitrogens with zero attached hydrogens (tertiary/aromatic N) is 2. The lowest BCUT2D eigenvalue weighted by Crippen LogP contribution is -2.43. The smallest absolute Gasteiger partial charge is 0.237 e. The predicted molar refractivity (Wildman–Crippen MR) is 94.6 cm³/mol. The Kier molecular flexibility index (Phi) is 6.17. The molecule has 0 bridgehead atoms. The molecule has 0 aromatic carbocycles. The van der Waals surface area contributed by atoms with Gasteiger partial charge in [0, 0.05) is 12.6 Å². The molecule has 2 aliphatic carbocycles. The summed E-state index contributed by atoms with van der Waals surface area (Å²) >= 11 is 0. The van der Waals surface area contributed by atoms with Crippen molar-refractivity contribution in [2.45, 2.75) is 70.1 Å². The van der Waals surface area contributed by atoms with Crippen LogP contribution >= 0.6 is 12.4 Å². The molecule has 1 aliphatic heterocycles. The zero-order valence-electron chi connectivity index (χ0n) is 14.7. The molecular formula is C18H30ClN3O2. The van der Waals surface area contributed by atoms with Gasteiger partial charge in [-0.2, -0.15) is 5.26 Å². The first-order valence-corrected chi connectivity index (χ1v) is 9.08. The number of nitriles is 1. The first-order valence-electron chi connectivity index (χ1n) is 9.08. The number of halogens is 1. The van der Waals surface area contributed by atoms with Crippen LogP contribution < -0.4 is 5.32 Å². The number of nitrogens with one attached hydrogen (secondary N) is 1. The SMILES string of the molecule is CC(C)C1(O)CC2CC(NCC(=O)N3CCCC3C#N)CC2C1.Cl. The van der Waals surface area contributed by atoms with Gasteiger partial charge in [-0.1, -0.05) is 13.8 Å². The maximum atomic E-state index is 12.3. The number of rotatable bonds is 4. The Labute approximate surface area is 151 Å². The Morgan fingerprint density at radius 2 is 2.00 bits per heavy atom. The van der Waals surface area contributed by atoms with E-state index >= 15 is 0 Å². The maximum absolute atomic E-state index is 12.3. The summed E-state index contributed by atoms with van der Waals surface area (Å²) in [6.45, 7) is 5.28. The Morgan fingerprint density at radius 3 is 2.54 bits per heavy atom. The van der Waals surface area contributed by atoms with Crippen LogP contribution in [0.5, 0.6) is 0 Å². The standard InChI is InChI=1S/C18H29N3O2.ClH/c1-12(2)18(23)8-13-6-15(7-14(13)9-18)20-11-17(22)21-5-3-4-16(21)10-19;/h12-16,20,23H,3-9,11H2,1-2H3;1H. The van der Waals surface area contributed by atoms with Gasteiger partial charge >= 0.3 is 0 Å². The van der Waals surface area contributed by atoms with Gasteiger partial charge in [0.25, 0.3) is 0 Å². The second kappa shape index (κ2) is 7.59. The topological polar surface area (TPSA) is 76.4 Å². The van der Waals surface area contributed by atoms with Crippen molar-refractivity contribution < 1.29 is 9.90 Å². The number of fused-ring (bicyclic) bond motifs is 1. The van der Waals surface area contributed by atoms with Crippen LogP contribution in [0.4, 0.5) is 0 Å². The number of amides is 1. The molecule has 2 saturated carbocycles. The largest absolute Gasteiger partial charge is 0.390 e. The van der Waals surface area contributed by atoms with Crippen molar-refractivity contribution in [3.8, 4) is 6.07 Å². The van der Waals surface area contributed by atoms with E-state index in [-0.39, 0.29) is 24.4 Å². The lowest BCUT2D eigenvalue weighted by molar-refractivity contribution is -0.130. The van der Waals surface area contributed by atoms with Crippen molar-refractivity contribution in [1.29, 1.82) is 5.26 Å². The summed E-state index contributed by atoms with van der Waals surface area (Å²) in [5.74, 6) is 1.56. The summed E-state index contributed by atoms with van der Waals surface area (Å²) in [5, 5.41) is 23.2. The van der Waals surface area contributed by atoms with Crippen LogP contribution in [0.1, 0.15) is 52.4 Å². The first kappa shape index (κ1) is 19.5. The molecule has 3 aliphatic rings. The minimum atomic E-state index is -0.480. The molecule has 3 atom stereocenters. The van der Waals surface area contributed by atoms with Crippen molar-refractivity contribution in [1.82, 2.24) is 10.2 Å². The van der Waals surface area contributed by atoms with Gasteiger partial charge in [-0.05, 0) is 56.3 Å². The number of likely N-dealkylation sites (tertiary alicyclic amines) is 1. The third-order valence-electron chi connectivity index (χ3n) is 6.41. The van der Waals surface area contributed by atoms with Gasteiger partial charge in [-0.15, -0.1) is 12.4 Å². The average Bonchev–Trinajstić information content (AvgIpc) is 3.17. The van der Waals surface area contributed by atoms with E-state index in [2.05, 4.69) is 25.2 Å². The Bertz CT molecular complexity index is 491. The molecule has 1 heterocycles. The van der Waals surface area contributed by atoms with E-state index in [4.69, 9.17) is 5.26 Å². The van der Waals surface area contributed by atoms with Crippen molar-refractivity contribution in [3.63, 3.8) is 0 Å². The highest BCUT2D eigenvalue weighted by Crippen LogP contribution is 2.51. The van der Waals surface area contributed by atoms with Crippen LogP contribution in [0.15, 0.2) is 0 Å². The fourth-order valence-electron chi connectivity index (χ4n) is 4.87. The summed E-state index contributed by atoms with van der Waals surface area (Å²) in [6, 6.07) is 2.38. The third-order valence-corrected chi connectivity index (χ3v) is 6.41. The second-order valence-electron chi connectivity index (χ2n) is 8.11. The number of carbonyl (C=O) groups excluding carboxylic acids is 1. The molecule has 6 heteroatoms. The molecule has 0 aromatic rings. The average molecular weight is 356 g/mol. The van der Waals surface area contributed by atoms with E-state index in [1.165, 1.54) is 0 Å². The summed E-state index contributed by atoms with van der Waals surface area (Å²) in [4.78, 5) is 14.0. The molecule has 5 nitrogen and oxygen atoms in total. The molecular weight excluding hydrogens is 326 g/mol. The Morgan fingerprint density at radius 1 is 1.38 bits per heavy atom. The van der Waals surface area contributed by atoms with Gasteiger partial charge in [-0.3, -0.25) is 4.79 Å². The van der Waals surface area contributed by atoms with Crippen molar-refractivity contribution in [3.05, 3.63) is 0 Å². The van der Waals surface area contributed by atoms with Gasteiger partial charge in [0.15, 0.2) is 0 Å². The van der Waals surface area contributed by atoms with Crippen LogP contribution in [0, 0.1) is 29.1 Å². The lowest BCUT2D eigenvalue weighted by atomic mass is 9.86. The van der Waals surface area contributed by atoms with E-state index in [1.807, 2.05) is 0 Å². The zero-order valence-corrected chi connectivity index (χ0v) is 15.5. The number of aliphatic hydroxyl groups is 1. The zero-order chi connectivity index (χ0) is 16.6. The summed E-state index contributed by atoms with van der Waals surface area (Å²) in [7, 11) is 0. The highest BCUT2D eigenvalue weighted by molar-refractivity contribution is 5.85. The fraction of sp³-hybridized carbons (Fsp3) is 0.889. The minimum absolute atomic E-state index is 0. The van der Waals surface area contributed by atoms with Gasteiger partial charge < -0.3 is 15.3 Å². The lowest BCUT2D eigenvalue weighted by Gasteiger charge is -2.29. The van der Waals surface area contributed by atoms with Crippen LogP contribution in [0.25, 0.3) is 0 Å². The Hall–Kier alpha value is -0.830. The van der Waals surface area contributed by atoms with Crippen LogP contribution in [-0.2, 0) is 4.79 Å². The van der Waals surface area contributed by atoms with Gasteiger partial charge in [0.1, 0.15) is 6.04 Å². The summed E-state index contributed by atoms with van der Waals surface area (Å²) < 4.78 is 0. The molecule has 3 rings (SSSR count). The van der Waals surface area contributed by atoms with Crippen LogP contribution in [0.3, 0.4) is 0 Å².